The second-order valence-corrected chi connectivity index (χ2v) is 5.33. The monoisotopic (exact) mass is 298 g/mol. The van der Waals surface area contributed by atoms with Gasteiger partial charge in [0, 0.05) is 49.9 Å². The number of anilines is 1. The Morgan fingerprint density at radius 3 is 2.65 bits per heavy atom. The molecule has 1 aliphatic heterocycles. The maximum Gasteiger partial charge on any atom is 0.131 e. The van der Waals surface area contributed by atoms with Gasteiger partial charge in [-0.25, -0.2) is 4.98 Å². The van der Waals surface area contributed by atoms with Gasteiger partial charge in [-0.2, -0.15) is 0 Å². The minimum Gasteiger partial charge on any atom is -0.354 e. The van der Waals surface area contributed by atoms with Crippen molar-refractivity contribution in [1.82, 2.24) is 9.88 Å². The molecule has 0 saturated carbocycles. The lowest BCUT2D eigenvalue weighted by molar-refractivity contribution is 0.264. The van der Waals surface area contributed by atoms with Gasteiger partial charge < -0.3 is 10.6 Å². The zero-order valence-electron chi connectivity index (χ0n) is 10.2. The summed E-state index contributed by atoms with van der Waals surface area (Å²) in [6.07, 6.45) is 1.87. The normalized spacial score (nSPS) is 17.5. The highest BCUT2D eigenvalue weighted by Gasteiger charge is 2.18. The molecule has 94 valence electrons. The van der Waals surface area contributed by atoms with Crippen molar-refractivity contribution in [3.63, 3.8) is 0 Å². The molecule has 0 amide bonds. The lowest BCUT2D eigenvalue weighted by atomic mass is 10.2. The Kier molecular flexibility index (Phi) is 4.36. The third-order valence-corrected chi connectivity index (χ3v) is 3.57. The quantitative estimate of drug-likeness (QED) is 0.912. The highest BCUT2D eigenvalue weighted by Crippen LogP contribution is 2.21. The van der Waals surface area contributed by atoms with Gasteiger partial charge in [0.2, 0.25) is 0 Å². The molecular formula is C12H19BrN4. The Morgan fingerprint density at radius 2 is 2.06 bits per heavy atom. The first-order valence-electron chi connectivity index (χ1n) is 6.00. The first kappa shape index (κ1) is 12.8. The van der Waals surface area contributed by atoms with Crippen LogP contribution < -0.4 is 10.6 Å². The number of halogens is 1. The summed E-state index contributed by atoms with van der Waals surface area (Å²) in [6, 6.07) is 2.12. The minimum absolute atomic E-state index is 0.746. The van der Waals surface area contributed by atoms with E-state index in [-0.39, 0.29) is 0 Å². The van der Waals surface area contributed by atoms with Crippen LogP contribution in [0.2, 0.25) is 0 Å². The van der Waals surface area contributed by atoms with E-state index in [0.29, 0.717) is 0 Å². The molecule has 0 aromatic carbocycles. The molecule has 0 radical (unpaired) electrons. The van der Waals surface area contributed by atoms with Gasteiger partial charge in [0.25, 0.3) is 0 Å². The van der Waals surface area contributed by atoms with Crippen LogP contribution in [0.25, 0.3) is 0 Å². The van der Waals surface area contributed by atoms with Crippen molar-refractivity contribution in [3.8, 4) is 0 Å². The first-order chi connectivity index (χ1) is 8.20. The third kappa shape index (κ3) is 3.18. The number of hydrogen-bond donors (Lipinski definition) is 1. The summed E-state index contributed by atoms with van der Waals surface area (Å²) in [5.41, 5.74) is 6.80. The molecule has 0 bridgehead atoms. The van der Waals surface area contributed by atoms with Crippen LogP contribution in [0.1, 0.15) is 5.56 Å². The van der Waals surface area contributed by atoms with E-state index in [1.165, 1.54) is 5.56 Å². The van der Waals surface area contributed by atoms with Crippen LogP contribution in [-0.2, 0) is 0 Å². The van der Waals surface area contributed by atoms with Crippen molar-refractivity contribution in [2.45, 2.75) is 6.92 Å². The summed E-state index contributed by atoms with van der Waals surface area (Å²) in [5.74, 6) is 1.11. The van der Waals surface area contributed by atoms with Crippen molar-refractivity contribution < 1.29 is 0 Å². The average Bonchev–Trinajstić information content (AvgIpc) is 2.31. The van der Waals surface area contributed by atoms with Gasteiger partial charge in [0.1, 0.15) is 5.82 Å². The van der Waals surface area contributed by atoms with Crippen molar-refractivity contribution in [2.75, 3.05) is 44.2 Å². The Morgan fingerprint density at radius 1 is 1.35 bits per heavy atom. The average molecular weight is 299 g/mol. The van der Waals surface area contributed by atoms with Crippen molar-refractivity contribution in [2.24, 2.45) is 5.73 Å². The number of nitrogens with zero attached hydrogens (tertiary/aromatic N) is 3. The van der Waals surface area contributed by atoms with Gasteiger partial charge in [-0.15, -0.1) is 0 Å². The van der Waals surface area contributed by atoms with Crippen LogP contribution in [-0.4, -0.2) is 49.2 Å². The molecule has 4 nitrogen and oxygen atoms in total. The van der Waals surface area contributed by atoms with Crippen LogP contribution in [0.3, 0.4) is 0 Å². The summed E-state index contributed by atoms with van der Waals surface area (Å²) in [6.45, 7) is 8.09. The molecule has 1 saturated heterocycles. The van der Waals surface area contributed by atoms with E-state index in [0.717, 1.165) is 49.6 Å². The SMILES string of the molecule is Cc1cc(Br)cnc1N1CCN(CCN)CC1. The number of piperazine rings is 1. The molecule has 0 atom stereocenters. The molecule has 0 aliphatic carbocycles. The molecule has 1 aromatic rings. The van der Waals surface area contributed by atoms with Gasteiger partial charge in [-0.1, -0.05) is 0 Å². The summed E-state index contributed by atoms with van der Waals surface area (Å²) in [5, 5.41) is 0. The molecule has 5 heteroatoms. The number of rotatable bonds is 3. The predicted molar refractivity (Wildman–Crippen MR) is 74.4 cm³/mol. The fourth-order valence-electron chi connectivity index (χ4n) is 2.23. The molecule has 17 heavy (non-hydrogen) atoms. The maximum atomic E-state index is 5.57. The minimum atomic E-state index is 0.746. The maximum absolute atomic E-state index is 5.57. The number of pyridine rings is 1. The zero-order valence-corrected chi connectivity index (χ0v) is 11.8. The third-order valence-electron chi connectivity index (χ3n) is 3.13. The Balaban J connectivity index is 2.00. The van der Waals surface area contributed by atoms with Gasteiger partial charge in [-0.05, 0) is 34.5 Å². The Hall–Kier alpha value is -0.650. The number of hydrogen-bond acceptors (Lipinski definition) is 4. The Bertz CT molecular complexity index is 375. The highest BCUT2D eigenvalue weighted by atomic mass is 79.9. The van der Waals surface area contributed by atoms with Crippen LogP contribution in [0.4, 0.5) is 5.82 Å². The van der Waals surface area contributed by atoms with Gasteiger partial charge >= 0.3 is 0 Å². The van der Waals surface area contributed by atoms with E-state index < -0.39 is 0 Å². The molecule has 0 spiro atoms. The lowest BCUT2D eigenvalue weighted by Crippen LogP contribution is -2.48. The van der Waals surface area contributed by atoms with Crippen molar-refractivity contribution >= 4 is 21.7 Å². The molecule has 1 aliphatic rings. The summed E-state index contributed by atoms with van der Waals surface area (Å²) < 4.78 is 1.04. The largest absolute Gasteiger partial charge is 0.354 e. The predicted octanol–water partition coefficient (Wildman–Crippen LogP) is 1.23. The van der Waals surface area contributed by atoms with E-state index in [4.69, 9.17) is 5.73 Å². The van der Waals surface area contributed by atoms with E-state index in [1.807, 2.05) is 6.20 Å². The number of aryl methyl sites for hydroxylation is 1. The van der Waals surface area contributed by atoms with Crippen LogP contribution in [0, 0.1) is 6.92 Å². The molecule has 2 N–H and O–H groups in total. The lowest BCUT2D eigenvalue weighted by Gasteiger charge is -2.35. The Labute approximate surface area is 111 Å². The highest BCUT2D eigenvalue weighted by molar-refractivity contribution is 9.10. The standard InChI is InChI=1S/C12H19BrN4/c1-10-8-11(13)9-15-12(10)17-6-4-16(3-2-14)5-7-17/h8-9H,2-7,14H2,1H3. The number of nitrogens with two attached hydrogens (primary N) is 1. The number of aromatic nitrogens is 1. The smallest absolute Gasteiger partial charge is 0.131 e. The fraction of sp³-hybridized carbons (Fsp3) is 0.583. The van der Waals surface area contributed by atoms with Crippen molar-refractivity contribution in [1.29, 1.82) is 0 Å². The van der Waals surface area contributed by atoms with Gasteiger partial charge in [0.15, 0.2) is 0 Å². The molecule has 0 unspecified atom stereocenters. The molecular weight excluding hydrogens is 280 g/mol. The van der Waals surface area contributed by atoms with Crippen molar-refractivity contribution in [3.05, 3.63) is 22.3 Å². The summed E-state index contributed by atoms with van der Waals surface area (Å²) in [4.78, 5) is 9.27. The van der Waals surface area contributed by atoms with Crippen LogP contribution >= 0.6 is 15.9 Å². The molecule has 1 aromatic heterocycles. The van der Waals surface area contributed by atoms with E-state index in [2.05, 4.69) is 43.7 Å². The molecule has 1 fully saturated rings. The van der Waals surface area contributed by atoms with Crippen LogP contribution in [0.5, 0.6) is 0 Å². The second kappa shape index (κ2) is 5.80. The van der Waals surface area contributed by atoms with E-state index in [9.17, 15) is 0 Å². The zero-order chi connectivity index (χ0) is 12.3. The summed E-state index contributed by atoms with van der Waals surface area (Å²) >= 11 is 3.45. The second-order valence-electron chi connectivity index (χ2n) is 4.41. The van der Waals surface area contributed by atoms with E-state index >= 15 is 0 Å². The molecule has 2 rings (SSSR count). The van der Waals surface area contributed by atoms with Crippen LogP contribution in [0.15, 0.2) is 16.7 Å². The molecule has 2 heterocycles. The topological polar surface area (TPSA) is 45.4 Å². The van der Waals surface area contributed by atoms with Gasteiger partial charge in [-0.3, -0.25) is 4.90 Å². The van der Waals surface area contributed by atoms with E-state index in [1.54, 1.807) is 0 Å². The first-order valence-corrected chi connectivity index (χ1v) is 6.79. The van der Waals surface area contributed by atoms with Gasteiger partial charge in [0.05, 0.1) is 0 Å². The summed E-state index contributed by atoms with van der Waals surface area (Å²) in [7, 11) is 0. The fourth-order valence-corrected chi connectivity index (χ4v) is 2.68.